The summed E-state index contributed by atoms with van der Waals surface area (Å²) in [5.41, 5.74) is 1.98. The van der Waals surface area contributed by atoms with Gasteiger partial charge in [-0.1, -0.05) is 0 Å². The summed E-state index contributed by atoms with van der Waals surface area (Å²) in [6.45, 7) is 1.40. The van der Waals surface area contributed by atoms with Crippen molar-refractivity contribution < 1.29 is 19.0 Å². The number of nitrogens with one attached hydrogen (secondary N) is 1. The van der Waals surface area contributed by atoms with Crippen LogP contribution in [0.3, 0.4) is 0 Å². The lowest BCUT2D eigenvalue weighted by Gasteiger charge is -2.32. The molecule has 5 rings (SSSR count). The van der Waals surface area contributed by atoms with E-state index in [0.29, 0.717) is 41.9 Å². The van der Waals surface area contributed by atoms with E-state index in [1.54, 1.807) is 23.2 Å². The number of rotatable bonds is 4. The molecule has 0 radical (unpaired) electrons. The third kappa shape index (κ3) is 3.58. The van der Waals surface area contributed by atoms with Gasteiger partial charge in [-0.05, 0) is 37.1 Å². The smallest absolute Gasteiger partial charge is 0.272 e. The number of amides is 1. The van der Waals surface area contributed by atoms with E-state index in [2.05, 4.69) is 20.2 Å². The van der Waals surface area contributed by atoms with Crippen LogP contribution in [0.25, 0.3) is 11.3 Å². The van der Waals surface area contributed by atoms with Crippen LogP contribution in [0.5, 0.6) is 17.4 Å². The lowest BCUT2D eigenvalue weighted by atomic mass is 10.1. The Kier molecular flexibility index (Phi) is 4.47. The molecular formula is C20H19N5O4. The standard InChI is InChI=1S/C20H19N5O4/c26-20(25-7-1-2-14(10-25)29-19-5-6-21-11-22-19)16-9-15(23-24-16)13-3-4-17-18(8-13)28-12-27-17/h3-6,8-9,11,14H,1-2,7,10,12H2,(H,23,24). The normalized spacial score (nSPS) is 17.9. The van der Waals surface area contributed by atoms with Crippen LogP contribution in [0.2, 0.25) is 0 Å². The maximum atomic E-state index is 13.0. The van der Waals surface area contributed by atoms with Crippen molar-refractivity contribution in [1.82, 2.24) is 25.1 Å². The molecule has 1 aromatic carbocycles. The van der Waals surface area contributed by atoms with Gasteiger partial charge in [-0.2, -0.15) is 5.10 Å². The summed E-state index contributed by atoms with van der Waals surface area (Å²) in [6, 6.07) is 9.07. The van der Waals surface area contributed by atoms with Crippen LogP contribution in [-0.4, -0.2) is 57.0 Å². The Hall–Kier alpha value is -3.62. The number of benzene rings is 1. The van der Waals surface area contributed by atoms with Crippen molar-refractivity contribution >= 4 is 5.91 Å². The highest BCUT2D eigenvalue weighted by atomic mass is 16.7. The van der Waals surface area contributed by atoms with Gasteiger partial charge in [0.25, 0.3) is 5.91 Å². The molecule has 2 aromatic heterocycles. The Morgan fingerprint density at radius 2 is 2.14 bits per heavy atom. The highest BCUT2D eigenvalue weighted by Crippen LogP contribution is 2.35. The second kappa shape index (κ2) is 7.42. The number of nitrogens with zero attached hydrogens (tertiary/aromatic N) is 4. The molecular weight excluding hydrogens is 374 g/mol. The van der Waals surface area contributed by atoms with Crippen LogP contribution in [0.15, 0.2) is 42.9 Å². The summed E-state index contributed by atoms with van der Waals surface area (Å²) in [4.78, 5) is 22.7. The first kappa shape index (κ1) is 17.5. The maximum Gasteiger partial charge on any atom is 0.272 e. The van der Waals surface area contributed by atoms with Crippen molar-refractivity contribution in [2.24, 2.45) is 0 Å². The summed E-state index contributed by atoms with van der Waals surface area (Å²) in [6.07, 6.45) is 4.72. The highest BCUT2D eigenvalue weighted by Gasteiger charge is 2.27. The van der Waals surface area contributed by atoms with E-state index < -0.39 is 0 Å². The number of carbonyl (C=O) groups excluding carboxylic acids is 1. The molecule has 1 N–H and O–H groups in total. The quantitative estimate of drug-likeness (QED) is 0.725. The molecule has 1 saturated heterocycles. The molecule has 3 aromatic rings. The second-order valence-corrected chi connectivity index (χ2v) is 6.92. The first-order chi connectivity index (χ1) is 14.3. The first-order valence-corrected chi connectivity index (χ1v) is 9.43. The van der Waals surface area contributed by atoms with Gasteiger partial charge in [-0.15, -0.1) is 0 Å². The van der Waals surface area contributed by atoms with Crippen molar-refractivity contribution in [1.29, 1.82) is 0 Å². The number of H-pyrrole nitrogens is 1. The molecule has 2 aliphatic heterocycles. The van der Waals surface area contributed by atoms with E-state index in [1.165, 1.54) is 6.33 Å². The number of aromatic amines is 1. The minimum atomic E-state index is -0.0983. The van der Waals surface area contributed by atoms with E-state index >= 15 is 0 Å². The Labute approximate surface area is 166 Å². The predicted octanol–water partition coefficient (Wildman–Crippen LogP) is 2.28. The number of fused-ring (bicyclic) bond motifs is 1. The van der Waals surface area contributed by atoms with Crippen molar-refractivity contribution in [3.63, 3.8) is 0 Å². The Morgan fingerprint density at radius 3 is 3.03 bits per heavy atom. The zero-order valence-electron chi connectivity index (χ0n) is 15.6. The zero-order valence-corrected chi connectivity index (χ0v) is 15.6. The van der Waals surface area contributed by atoms with Gasteiger partial charge in [-0.25, -0.2) is 9.97 Å². The monoisotopic (exact) mass is 393 g/mol. The number of aromatic nitrogens is 4. The fourth-order valence-corrected chi connectivity index (χ4v) is 3.54. The first-order valence-electron chi connectivity index (χ1n) is 9.43. The van der Waals surface area contributed by atoms with Gasteiger partial charge in [0.1, 0.15) is 18.1 Å². The molecule has 148 valence electrons. The fraction of sp³-hybridized carbons (Fsp3) is 0.300. The van der Waals surface area contributed by atoms with Gasteiger partial charge < -0.3 is 19.1 Å². The zero-order chi connectivity index (χ0) is 19.6. The number of ether oxygens (including phenoxy) is 3. The van der Waals surface area contributed by atoms with Crippen LogP contribution in [-0.2, 0) is 0 Å². The van der Waals surface area contributed by atoms with Gasteiger partial charge in [0.2, 0.25) is 12.7 Å². The molecule has 4 heterocycles. The third-order valence-corrected chi connectivity index (χ3v) is 4.98. The Balaban J connectivity index is 1.28. The van der Waals surface area contributed by atoms with E-state index in [-0.39, 0.29) is 18.8 Å². The molecule has 0 saturated carbocycles. The molecule has 9 heteroatoms. The van der Waals surface area contributed by atoms with Gasteiger partial charge in [-0.3, -0.25) is 9.89 Å². The Morgan fingerprint density at radius 1 is 1.21 bits per heavy atom. The van der Waals surface area contributed by atoms with Crippen molar-refractivity contribution in [2.75, 3.05) is 19.9 Å². The fourth-order valence-electron chi connectivity index (χ4n) is 3.54. The molecule has 0 bridgehead atoms. The SMILES string of the molecule is O=C(c1cc(-c2ccc3c(c2)OCO3)n[nH]1)N1CCCC(Oc2ccncn2)C1. The van der Waals surface area contributed by atoms with Gasteiger partial charge in [0.15, 0.2) is 11.5 Å². The molecule has 0 aliphatic carbocycles. The molecule has 1 fully saturated rings. The number of carbonyl (C=O) groups is 1. The number of hydrogen-bond acceptors (Lipinski definition) is 7. The topological polar surface area (TPSA) is 102 Å². The second-order valence-electron chi connectivity index (χ2n) is 6.92. The number of hydrogen-bond donors (Lipinski definition) is 1. The molecule has 0 spiro atoms. The van der Waals surface area contributed by atoms with Crippen molar-refractivity contribution in [3.8, 4) is 28.6 Å². The minimum Gasteiger partial charge on any atom is -0.472 e. The van der Waals surface area contributed by atoms with Gasteiger partial charge >= 0.3 is 0 Å². The van der Waals surface area contributed by atoms with Crippen molar-refractivity contribution in [2.45, 2.75) is 18.9 Å². The summed E-state index contributed by atoms with van der Waals surface area (Å²) < 4.78 is 16.6. The predicted molar refractivity (Wildman–Crippen MR) is 102 cm³/mol. The third-order valence-electron chi connectivity index (χ3n) is 4.98. The summed E-state index contributed by atoms with van der Waals surface area (Å²) in [5, 5.41) is 7.16. The van der Waals surface area contributed by atoms with Gasteiger partial charge in [0.05, 0.1) is 12.2 Å². The average molecular weight is 393 g/mol. The van der Waals surface area contributed by atoms with Gasteiger partial charge in [0, 0.05) is 24.4 Å². The summed E-state index contributed by atoms with van der Waals surface area (Å²) in [5.74, 6) is 1.81. The van der Waals surface area contributed by atoms with Crippen LogP contribution < -0.4 is 14.2 Å². The maximum absolute atomic E-state index is 13.0. The van der Waals surface area contributed by atoms with Crippen LogP contribution >= 0.6 is 0 Å². The van der Waals surface area contributed by atoms with Crippen LogP contribution in [0, 0.1) is 0 Å². The highest BCUT2D eigenvalue weighted by molar-refractivity contribution is 5.93. The molecule has 1 amide bonds. The van der Waals surface area contributed by atoms with E-state index in [1.807, 2.05) is 18.2 Å². The summed E-state index contributed by atoms with van der Waals surface area (Å²) in [7, 11) is 0. The van der Waals surface area contributed by atoms with Crippen molar-refractivity contribution in [3.05, 3.63) is 48.5 Å². The summed E-state index contributed by atoms with van der Waals surface area (Å²) >= 11 is 0. The molecule has 2 aliphatic rings. The lowest BCUT2D eigenvalue weighted by Crippen LogP contribution is -2.44. The number of likely N-dealkylation sites (tertiary alicyclic amines) is 1. The largest absolute Gasteiger partial charge is 0.472 e. The molecule has 9 nitrogen and oxygen atoms in total. The lowest BCUT2D eigenvalue weighted by molar-refractivity contribution is 0.0522. The molecule has 29 heavy (non-hydrogen) atoms. The van der Waals surface area contributed by atoms with E-state index in [4.69, 9.17) is 14.2 Å². The van der Waals surface area contributed by atoms with Crippen LogP contribution in [0.4, 0.5) is 0 Å². The minimum absolute atomic E-state index is 0.0968. The molecule has 1 atom stereocenters. The van der Waals surface area contributed by atoms with E-state index in [9.17, 15) is 4.79 Å². The molecule has 1 unspecified atom stereocenters. The number of piperidine rings is 1. The van der Waals surface area contributed by atoms with E-state index in [0.717, 1.165) is 18.4 Å². The average Bonchev–Trinajstić information content (AvgIpc) is 3.43. The van der Waals surface area contributed by atoms with Crippen LogP contribution in [0.1, 0.15) is 23.3 Å². The Bertz CT molecular complexity index is 1020.